The lowest BCUT2D eigenvalue weighted by Crippen LogP contribution is -2.37. The number of amides is 1. The number of hydrogen-bond donors (Lipinski definition) is 3. The van der Waals surface area contributed by atoms with Gasteiger partial charge in [0.2, 0.25) is 5.91 Å². The van der Waals surface area contributed by atoms with Crippen LogP contribution in [0.25, 0.3) is 0 Å². The summed E-state index contributed by atoms with van der Waals surface area (Å²) in [6.07, 6.45) is 7.76. The molecule has 1 aliphatic carbocycles. The highest BCUT2D eigenvalue weighted by atomic mass is 127. The molecule has 0 bridgehead atoms. The molecule has 7 nitrogen and oxygen atoms in total. The molecule has 1 atom stereocenters. The summed E-state index contributed by atoms with van der Waals surface area (Å²) < 4.78 is 11.1. The number of nitrogens with one attached hydrogen (secondary N) is 3. The zero-order valence-electron chi connectivity index (χ0n) is 18.5. The van der Waals surface area contributed by atoms with E-state index in [1.807, 2.05) is 24.3 Å². The molecule has 1 aliphatic heterocycles. The van der Waals surface area contributed by atoms with E-state index in [1.54, 1.807) is 7.05 Å². The first-order valence-corrected chi connectivity index (χ1v) is 11.3. The zero-order valence-corrected chi connectivity index (χ0v) is 20.9. The Labute approximate surface area is 203 Å². The lowest BCUT2D eigenvalue weighted by Gasteiger charge is -2.21. The van der Waals surface area contributed by atoms with Gasteiger partial charge in [-0.15, -0.1) is 24.0 Å². The molecule has 0 radical (unpaired) electrons. The van der Waals surface area contributed by atoms with Crippen LogP contribution in [-0.4, -0.2) is 51.4 Å². The summed E-state index contributed by atoms with van der Waals surface area (Å²) in [5.74, 6) is 1.08. The second-order valence-electron chi connectivity index (χ2n) is 8.09. The average molecular weight is 544 g/mol. The standard InChI is InChI=1S/C23H36N4O3.HI/c1-24-23(25-12-6-13-30-21-11-14-29-17-21)26-16-18-7-5-10-20(15-18)27-22(28)19-8-3-2-4-9-19;/h5,7,10,15,19,21H,2-4,6,8-9,11-14,16-17H2,1H3,(H,27,28)(H2,24,25,26);1H. The zero-order chi connectivity index (χ0) is 21.0. The third-order valence-electron chi connectivity index (χ3n) is 5.71. The van der Waals surface area contributed by atoms with Crippen molar-refractivity contribution in [3.8, 4) is 0 Å². The summed E-state index contributed by atoms with van der Waals surface area (Å²) in [4.78, 5) is 16.7. The van der Waals surface area contributed by atoms with Crippen LogP contribution in [0.15, 0.2) is 29.3 Å². The molecule has 8 heteroatoms. The highest BCUT2D eigenvalue weighted by Crippen LogP contribution is 2.25. The predicted molar refractivity (Wildman–Crippen MR) is 135 cm³/mol. The molecular formula is C23H37IN4O3. The molecule has 3 N–H and O–H groups in total. The molecule has 1 heterocycles. The SMILES string of the molecule is CN=C(NCCCOC1CCOC1)NCc1cccc(NC(=O)C2CCCCC2)c1.I. The Bertz CT molecular complexity index is 689. The fourth-order valence-corrected chi connectivity index (χ4v) is 3.95. The molecule has 174 valence electrons. The van der Waals surface area contributed by atoms with Crippen molar-refractivity contribution >= 4 is 41.5 Å². The Morgan fingerprint density at radius 2 is 2.03 bits per heavy atom. The highest BCUT2D eigenvalue weighted by molar-refractivity contribution is 14.0. The van der Waals surface area contributed by atoms with Crippen molar-refractivity contribution in [3.05, 3.63) is 29.8 Å². The fraction of sp³-hybridized carbons (Fsp3) is 0.652. The topological polar surface area (TPSA) is 84.0 Å². The van der Waals surface area contributed by atoms with Crippen LogP contribution in [0.3, 0.4) is 0 Å². The van der Waals surface area contributed by atoms with Crippen molar-refractivity contribution < 1.29 is 14.3 Å². The third kappa shape index (κ3) is 9.33. The first kappa shape index (κ1) is 25.9. The number of carbonyl (C=O) groups excluding carboxylic acids is 1. The number of hydrogen-bond acceptors (Lipinski definition) is 4. The molecule has 1 amide bonds. The minimum absolute atomic E-state index is 0. The molecule has 1 unspecified atom stereocenters. The largest absolute Gasteiger partial charge is 0.379 e. The maximum atomic E-state index is 12.5. The number of nitrogens with zero attached hydrogens (tertiary/aromatic N) is 1. The van der Waals surface area contributed by atoms with Gasteiger partial charge in [0.15, 0.2) is 5.96 Å². The molecule has 3 rings (SSSR count). The number of guanidine groups is 1. The van der Waals surface area contributed by atoms with Crippen molar-refractivity contribution in [1.29, 1.82) is 0 Å². The van der Waals surface area contributed by atoms with Crippen LogP contribution in [-0.2, 0) is 20.8 Å². The fourth-order valence-electron chi connectivity index (χ4n) is 3.95. The summed E-state index contributed by atoms with van der Waals surface area (Å²) in [5, 5.41) is 9.73. The summed E-state index contributed by atoms with van der Waals surface area (Å²) >= 11 is 0. The molecular weight excluding hydrogens is 507 g/mol. The van der Waals surface area contributed by atoms with E-state index in [0.717, 1.165) is 82.1 Å². The smallest absolute Gasteiger partial charge is 0.227 e. The van der Waals surface area contributed by atoms with Crippen molar-refractivity contribution in [2.75, 3.05) is 38.7 Å². The van der Waals surface area contributed by atoms with Crippen LogP contribution in [0.1, 0.15) is 50.5 Å². The lowest BCUT2D eigenvalue weighted by atomic mass is 9.88. The Hall–Kier alpha value is -1.39. The van der Waals surface area contributed by atoms with Gasteiger partial charge in [0.05, 0.1) is 12.7 Å². The van der Waals surface area contributed by atoms with Crippen LogP contribution in [0, 0.1) is 5.92 Å². The molecule has 2 aliphatic rings. The van der Waals surface area contributed by atoms with Gasteiger partial charge in [-0.25, -0.2) is 0 Å². The average Bonchev–Trinajstić information content (AvgIpc) is 3.30. The van der Waals surface area contributed by atoms with Crippen LogP contribution < -0.4 is 16.0 Å². The molecule has 1 aromatic carbocycles. The first-order valence-electron chi connectivity index (χ1n) is 11.3. The predicted octanol–water partition coefficient (Wildman–Crippen LogP) is 3.68. The van der Waals surface area contributed by atoms with Crippen LogP contribution in [0.4, 0.5) is 5.69 Å². The number of aliphatic imine (C=N–C) groups is 1. The van der Waals surface area contributed by atoms with E-state index in [4.69, 9.17) is 9.47 Å². The van der Waals surface area contributed by atoms with E-state index in [1.165, 1.54) is 6.42 Å². The van der Waals surface area contributed by atoms with Gasteiger partial charge in [-0.3, -0.25) is 9.79 Å². The second kappa shape index (κ2) is 14.6. The number of halogens is 1. The molecule has 2 fully saturated rings. The summed E-state index contributed by atoms with van der Waals surface area (Å²) in [5.41, 5.74) is 1.96. The quantitative estimate of drug-likeness (QED) is 0.191. The van der Waals surface area contributed by atoms with E-state index in [0.29, 0.717) is 6.54 Å². The third-order valence-corrected chi connectivity index (χ3v) is 5.71. The molecule has 1 saturated heterocycles. The van der Waals surface area contributed by atoms with E-state index in [2.05, 4.69) is 20.9 Å². The summed E-state index contributed by atoms with van der Waals surface area (Å²) in [6.45, 7) is 3.69. The van der Waals surface area contributed by atoms with Crippen LogP contribution >= 0.6 is 24.0 Å². The lowest BCUT2D eigenvalue weighted by molar-refractivity contribution is -0.120. The van der Waals surface area contributed by atoms with E-state index < -0.39 is 0 Å². The van der Waals surface area contributed by atoms with Crippen molar-refractivity contribution in [2.45, 2.75) is 57.6 Å². The van der Waals surface area contributed by atoms with Gasteiger partial charge in [-0.2, -0.15) is 0 Å². The first-order chi connectivity index (χ1) is 14.7. The molecule has 1 aromatic rings. The summed E-state index contributed by atoms with van der Waals surface area (Å²) in [6, 6.07) is 8.01. The van der Waals surface area contributed by atoms with E-state index in [-0.39, 0.29) is 41.9 Å². The maximum Gasteiger partial charge on any atom is 0.227 e. The van der Waals surface area contributed by atoms with Crippen molar-refractivity contribution in [1.82, 2.24) is 10.6 Å². The van der Waals surface area contributed by atoms with Crippen molar-refractivity contribution in [3.63, 3.8) is 0 Å². The monoisotopic (exact) mass is 544 g/mol. The Balaban J connectivity index is 0.00000341. The van der Waals surface area contributed by atoms with Gasteiger partial charge in [0.25, 0.3) is 0 Å². The number of ether oxygens (including phenoxy) is 2. The minimum atomic E-state index is 0. The maximum absolute atomic E-state index is 12.5. The number of benzene rings is 1. The number of rotatable bonds is 9. The molecule has 0 spiro atoms. The minimum Gasteiger partial charge on any atom is -0.379 e. The number of carbonyl (C=O) groups is 1. The number of anilines is 1. The van der Waals surface area contributed by atoms with Gasteiger partial charge in [0, 0.05) is 45.0 Å². The van der Waals surface area contributed by atoms with Gasteiger partial charge < -0.3 is 25.4 Å². The summed E-state index contributed by atoms with van der Waals surface area (Å²) in [7, 11) is 1.77. The van der Waals surface area contributed by atoms with Gasteiger partial charge in [-0.05, 0) is 43.4 Å². The highest BCUT2D eigenvalue weighted by Gasteiger charge is 2.21. The van der Waals surface area contributed by atoms with Crippen LogP contribution in [0.5, 0.6) is 0 Å². The Kier molecular flexibility index (Phi) is 12.2. The normalized spacial score (nSPS) is 19.5. The van der Waals surface area contributed by atoms with Gasteiger partial charge >= 0.3 is 0 Å². The van der Waals surface area contributed by atoms with E-state index >= 15 is 0 Å². The molecule has 1 saturated carbocycles. The van der Waals surface area contributed by atoms with E-state index in [9.17, 15) is 4.79 Å². The van der Waals surface area contributed by atoms with Crippen molar-refractivity contribution in [2.24, 2.45) is 10.9 Å². The second-order valence-corrected chi connectivity index (χ2v) is 8.09. The van der Waals surface area contributed by atoms with Gasteiger partial charge in [-0.1, -0.05) is 31.4 Å². The van der Waals surface area contributed by atoms with Crippen LogP contribution in [0.2, 0.25) is 0 Å². The Morgan fingerprint density at radius 3 is 2.77 bits per heavy atom. The molecule has 31 heavy (non-hydrogen) atoms. The van der Waals surface area contributed by atoms with Gasteiger partial charge in [0.1, 0.15) is 0 Å². The molecule has 0 aromatic heterocycles. The Morgan fingerprint density at radius 1 is 1.19 bits per heavy atom.